The lowest BCUT2D eigenvalue weighted by molar-refractivity contribution is -0.131. The lowest BCUT2D eigenvalue weighted by Crippen LogP contribution is -2.13. The van der Waals surface area contributed by atoms with E-state index in [1.165, 1.54) is 7.11 Å². The topological polar surface area (TPSA) is 101 Å². The van der Waals surface area contributed by atoms with Gasteiger partial charge in [0.1, 0.15) is 43.6 Å². The summed E-state index contributed by atoms with van der Waals surface area (Å²) in [6.45, 7) is 0.608. The van der Waals surface area contributed by atoms with Crippen molar-refractivity contribution in [2.24, 2.45) is 5.16 Å². The average Bonchev–Trinajstić information content (AvgIpc) is 2.85. The molecule has 0 atom stereocenters. The number of benzene rings is 3. The van der Waals surface area contributed by atoms with Gasteiger partial charge in [-0.05, 0) is 47.5 Å². The smallest absolute Gasteiger partial charge is 0.329 e. The highest BCUT2D eigenvalue weighted by molar-refractivity contribution is 6.01. The number of hydrogen-bond donors (Lipinski definition) is 1. The first-order valence-corrected chi connectivity index (χ1v) is 10.0. The fourth-order valence-electron chi connectivity index (χ4n) is 2.94. The van der Waals surface area contributed by atoms with E-state index in [0.717, 1.165) is 17.2 Å². The molecule has 0 heterocycles. The van der Waals surface area contributed by atoms with Crippen molar-refractivity contribution < 1.29 is 24.2 Å². The van der Waals surface area contributed by atoms with Crippen LogP contribution >= 0.6 is 0 Å². The van der Waals surface area contributed by atoms with Gasteiger partial charge in [0.2, 0.25) is 0 Å². The Morgan fingerprint density at radius 2 is 1.58 bits per heavy atom. The number of carboxylic acids is 1. The van der Waals surface area contributed by atoms with Gasteiger partial charge >= 0.3 is 5.97 Å². The summed E-state index contributed by atoms with van der Waals surface area (Å²) in [4.78, 5) is 15.7. The second-order valence-electron chi connectivity index (χ2n) is 6.84. The number of allylic oxidation sites excluding steroid dienone is 1. The normalized spacial score (nSPS) is 11.4. The summed E-state index contributed by atoms with van der Waals surface area (Å²) < 4.78 is 11.6. The Hall–Kier alpha value is -4.57. The SMILES string of the molecule is CON=C(COc1ccc(COc2ccc(C(C#N)=CC(=O)O)cc2)cc1)c1ccccc1. The van der Waals surface area contributed by atoms with Crippen molar-refractivity contribution in [3.05, 3.63) is 102 Å². The van der Waals surface area contributed by atoms with Crippen LogP contribution in [0.5, 0.6) is 11.5 Å². The van der Waals surface area contributed by atoms with Crippen LogP contribution in [0.15, 0.2) is 90.1 Å². The number of aliphatic carboxylic acids is 1. The number of nitrogens with zero attached hydrogens (tertiary/aromatic N) is 2. The van der Waals surface area contributed by atoms with Crippen LogP contribution in [0.4, 0.5) is 0 Å². The van der Waals surface area contributed by atoms with Gasteiger partial charge in [-0.1, -0.05) is 47.6 Å². The van der Waals surface area contributed by atoms with Gasteiger partial charge in [0, 0.05) is 11.6 Å². The highest BCUT2D eigenvalue weighted by Crippen LogP contribution is 2.20. The number of rotatable bonds is 10. The number of nitriles is 1. The van der Waals surface area contributed by atoms with E-state index in [1.54, 1.807) is 24.3 Å². The van der Waals surface area contributed by atoms with Crippen molar-refractivity contribution in [1.29, 1.82) is 5.26 Å². The van der Waals surface area contributed by atoms with E-state index in [-0.39, 0.29) is 12.2 Å². The van der Waals surface area contributed by atoms with E-state index >= 15 is 0 Å². The minimum atomic E-state index is -1.17. The van der Waals surface area contributed by atoms with Crippen molar-refractivity contribution in [3.63, 3.8) is 0 Å². The molecule has 1 N–H and O–H groups in total. The van der Waals surface area contributed by atoms with Gasteiger partial charge in [0.15, 0.2) is 0 Å². The Morgan fingerprint density at radius 1 is 0.939 bits per heavy atom. The zero-order chi connectivity index (χ0) is 23.5. The first-order chi connectivity index (χ1) is 16.1. The lowest BCUT2D eigenvalue weighted by Gasteiger charge is -2.10. The third kappa shape index (κ3) is 6.97. The van der Waals surface area contributed by atoms with Gasteiger partial charge in [0.05, 0.1) is 5.57 Å². The van der Waals surface area contributed by atoms with Crippen LogP contribution in [0.1, 0.15) is 16.7 Å². The van der Waals surface area contributed by atoms with Crippen LogP contribution < -0.4 is 9.47 Å². The molecule has 166 valence electrons. The van der Waals surface area contributed by atoms with Gasteiger partial charge in [0.25, 0.3) is 0 Å². The third-order valence-electron chi connectivity index (χ3n) is 4.57. The van der Waals surface area contributed by atoms with E-state index < -0.39 is 5.97 Å². The molecule has 0 spiro atoms. The summed E-state index contributed by atoms with van der Waals surface area (Å²) in [7, 11) is 1.50. The van der Waals surface area contributed by atoms with E-state index in [0.29, 0.717) is 29.4 Å². The highest BCUT2D eigenvalue weighted by Gasteiger charge is 2.07. The Labute approximate surface area is 191 Å². The van der Waals surface area contributed by atoms with Crippen molar-refractivity contribution in [2.75, 3.05) is 13.7 Å². The number of ether oxygens (including phenoxy) is 2. The van der Waals surface area contributed by atoms with Crippen molar-refractivity contribution in [2.45, 2.75) is 6.61 Å². The zero-order valence-electron chi connectivity index (χ0n) is 18.0. The van der Waals surface area contributed by atoms with Gasteiger partial charge in [-0.2, -0.15) is 5.26 Å². The molecule has 0 saturated heterocycles. The van der Waals surface area contributed by atoms with Crippen LogP contribution in [0, 0.1) is 11.3 Å². The Bertz CT molecular complexity index is 1160. The van der Waals surface area contributed by atoms with E-state index in [2.05, 4.69) is 5.16 Å². The lowest BCUT2D eigenvalue weighted by atomic mass is 10.1. The summed E-state index contributed by atoms with van der Waals surface area (Å²) in [5.41, 5.74) is 3.16. The number of oxime groups is 1. The molecule has 0 amide bonds. The molecule has 33 heavy (non-hydrogen) atoms. The van der Waals surface area contributed by atoms with Crippen molar-refractivity contribution in [1.82, 2.24) is 0 Å². The van der Waals surface area contributed by atoms with Crippen LogP contribution in [-0.4, -0.2) is 30.5 Å². The Morgan fingerprint density at radius 3 is 2.18 bits per heavy atom. The number of carbonyl (C=O) groups is 1. The van der Waals surface area contributed by atoms with Crippen LogP contribution in [0.3, 0.4) is 0 Å². The molecule has 3 aromatic rings. The summed E-state index contributed by atoms with van der Waals surface area (Å²) >= 11 is 0. The predicted octanol–water partition coefficient (Wildman–Crippen LogP) is 4.69. The molecule has 0 fully saturated rings. The fraction of sp³-hybridized carbons (Fsp3) is 0.115. The van der Waals surface area contributed by atoms with Gasteiger partial charge < -0.3 is 19.4 Å². The average molecular weight is 442 g/mol. The molecule has 0 aliphatic carbocycles. The van der Waals surface area contributed by atoms with Crippen LogP contribution in [-0.2, 0) is 16.2 Å². The Balaban J connectivity index is 1.55. The second-order valence-corrected chi connectivity index (χ2v) is 6.84. The van der Waals surface area contributed by atoms with Crippen LogP contribution in [0.2, 0.25) is 0 Å². The maximum absolute atomic E-state index is 10.8. The van der Waals surface area contributed by atoms with Crippen molar-refractivity contribution in [3.8, 4) is 17.6 Å². The molecule has 0 saturated carbocycles. The molecule has 0 aromatic heterocycles. The van der Waals surface area contributed by atoms with Crippen LogP contribution in [0.25, 0.3) is 5.57 Å². The van der Waals surface area contributed by atoms with Gasteiger partial charge in [-0.3, -0.25) is 0 Å². The predicted molar refractivity (Wildman–Crippen MR) is 124 cm³/mol. The molecule has 0 aliphatic heterocycles. The molecule has 7 nitrogen and oxygen atoms in total. The fourth-order valence-corrected chi connectivity index (χ4v) is 2.94. The molecule has 0 unspecified atom stereocenters. The molecule has 0 aliphatic rings. The maximum atomic E-state index is 10.8. The monoisotopic (exact) mass is 442 g/mol. The Kier molecular flexibility index (Phi) is 8.21. The van der Waals surface area contributed by atoms with E-state index in [4.69, 9.17) is 24.7 Å². The number of hydrogen-bond acceptors (Lipinski definition) is 6. The quantitative estimate of drug-likeness (QED) is 0.212. The number of carboxylic acid groups (broad SMARTS) is 1. The van der Waals surface area contributed by atoms with Gasteiger partial charge in [-0.25, -0.2) is 4.79 Å². The minimum Gasteiger partial charge on any atom is -0.489 e. The first-order valence-electron chi connectivity index (χ1n) is 10.0. The molecular weight excluding hydrogens is 420 g/mol. The minimum absolute atomic E-state index is 0.0793. The maximum Gasteiger partial charge on any atom is 0.329 e. The summed E-state index contributed by atoms with van der Waals surface area (Å²) in [6.07, 6.45) is 0.878. The van der Waals surface area contributed by atoms with Gasteiger partial charge in [-0.15, -0.1) is 0 Å². The first kappa shape index (κ1) is 23.1. The summed E-state index contributed by atoms with van der Waals surface area (Å²) in [5, 5.41) is 22.0. The standard InChI is InChI=1S/C26H22N2O5/c1-31-28-25(21-5-3-2-4-6-21)18-33-23-11-7-19(8-12-23)17-32-24-13-9-20(10-14-24)22(16-27)15-26(29)30/h2-15H,17-18H2,1H3,(H,29,30). The third-order valence-corrected chi connectivity index (χ3v) is 4.57. The summed E-state index contributed by atoms with van der Waals surface area (Å²) in [5.74, 6) is 0.133. The second kappa shape index (κ2) is 11.7. The molecule has 0 radical (unpaired) electrons. The molecular formula is C26H22N2O5. The molecule has 3 aromatic carbocycles. The molecule has 7 heteroatoms. The van der Waals surface area contributed by atoms with E-state index in [1.807, 2.05) is 60.7 Å². The van der Waals surface area contributed by atoms with E-state index in [9.17, 15) is 4.79 Å². The highest BCUT2D eigenvalue weighted by atomic mass is 16.6. The van der Waals surface area contributed by atoms with Crippen molar-refractivity contribution >= 4 is 17.3 Å². The zero-order valence-corrected chi connectivity index (χ0v) is 18.0. The molecule has 3 rings (SSSR count). The molecule has 0 bridgehead atoms. The summed E-state index contributed by atoms with van der Waals surface area (Å²) in [6, 6.07) is 25.8. The largest absolute Gasteiger partial charge is 0.489 e.